The van der Waals surface area contributed by atoms with Gasteiger partial charge in [-0.05, 0) is 35.1 Å². The van der Waals surface area contributed by atoms with Crippen LogP contribution in [0.15, 0.2) is 54.1 Å². The summed E-state index contributed by atoms with van der Waals surface area (Å²) in [6.07, 6.45) is 0.853. The Morgan fingerprint density at radius 3 is 2.36 bits per heavy atom. The predicted octanol–water partition coefficient (Wildman–Crippen LogP) is 4.84. The minimum atomic E-state index is -0.701. The van der Waals surface area contributed by atoms with Crippen LogP contribution in [0.5, 0.6) is 5.75 Å². The maximum atomic E-state index is 13.1. The van der Waals surface area contributed by atoms with Crippen LogP contribution in [0.4, 0.5) is 0 Å². The number of ketones is 1. The molecule has 33 heavy (non-hydrogen) atoms. The van der Waals surface area contributed by atoms with Gasteiger partial charge in [-0.15, -0.1) is 0 Å². The number of amides is 1. The fourth-order valence-electron chi connectivity index (χ4n) is 3.92. The first-order chi connectivity index (χ1) is 15.7. The molecule has 0 spiro atoms. The first kappa shape index (κ1) is 24.5. The lowest BCUT2D eigenvalue weighted by atomic mass is 9.85. The van der Waals surface area contributed by atoms with Crippen LogP contribution in [0.1, 0.15) is 56.8 Å². The fourth-order valence-corrected chi connectivity index (χ4v) is 3.92. The summed E-state index contributed by atoms with van der Waals surface area (Å²) in [5.74, 6) is -0.953. The first-order valence-electron chi connectivity index (χ1n) is 11.3. The number of aliphatic hydroxyl groups excluding tert-OH is 1. The van der Waals surface area contributed by atoms with Crippen LogP contribution < -0.4 is 4.74 Å². The smallest absolute Gasteiger partial charge is 0.295 e. The van der Waals surface area contributed by atoms with E-state index in [9.17, 15) is 14.7 Å². The normalized spacial score (nSPS) is 18.1. The average molecular weight is 452 g/mol. The summed E-state index contributed by atoms with van der Waals surface area (Å²) in [6.45, 7) is 9.45. The van der Waals surface area contributed by atoms with Gasteiger partial charge in [-0.1, -0.05) is 64.1 Å². The SMILES string of the molecule is CCCOc1cccc(/C(O)=C2\C(=O)C(=O)N(CCOC)C2c2ccc(C(C)(C)C)cc2)c1. The van der Waals surface area contributed by atoms with Crippen LogP contribution in [0, 0.1) is 0 Å². The van der Waals surface area contributed by atoms with Crippen LogP contribution in [0.3, 0.4) is 0 Å². The second-order valence-corrected chi connectivity index (χ2v) is 9.23. The highest BCUT2D eigenvalue weighted by atomic mass is 16.5. The molecule has 1 N–H and O–H groups in total. The van der Waals surface area contributed by atoms with E-state index in [1.807, 2.05) is 31.2 Å². The number of carbonyl (C=O) groups is 2. The van der Waals surface area contributed by atoms with E-state index in [2.05, 4.69) is 20.8 Å². The quantitative estimate of drug-likeness (QED) is 0.353. The van der Waals surface area contributed by atoms with Gasteiger partial charge in [0.2, 0.25) is 0 Å². The zero-order valence-electron chi connectivity index (χ0n) is 20.1. The zero-order valence-corrected chi connectivity index (χ0v) is 20.1. The third kappa shape index (κ3) is 5.28. The van der Waals surface area contributed by atoms with Crippen LogP contribution in [0.2, 0.25) is 0 Å². The second-order valence-electron chi connectivity index (χ2n) is 9.23. The van der Waals surface area contributed by atoms with Crippen LogP contribution in [-0.2, 0) is 19.7 Å². The van der Waals surface area contributed by atoms with Crippen LogP contribution in [0.25, 0.3) is 5.76 Å². The van der Waals surface area contributed by atoms with Crippen molar-refractivity contribution in [3.05, 3.63) is 70.8 Å². The molecule has 176 valence electrons. The van der Waals surface area contributed by atoms with Gasteiger partial charge >= 0.3 is 0 Å². The number of likely N-dealkylation sites (tertiary alicyclic amines) is 1. The summed E-state index contributed by atoms with van der Waals surface area (Å²) in [5.41, 5.74) is 2.38. The second kappa shape index (κ2) is 10.2. The average Bonchev–Trinajstić information content (AvgIpc) is 3.05. The van der Waals surface area contributed by atoms with E-state index in [0.29, 0.717) is 17.9 Å². The molecular weight excluding hydrogens is 418 g/mol. The van der Waals surface area contributed by atoms with Gasteiger partial charge in [0, 0.05) is 19.2 Å². The van der Waals surface area contributed by atoms with E-state index in [1.54, 1.807) is 31.4 Å². The highest BCUT2D eigenvalue weighted by Crippen LogP contribution is 2.40. The number of hydrogen-bond acceptors (Lipinski definition) is 5. The molecule has 1 atom stereocenters. The Labute approximate surface area is 195 Å². The van der Waals surface area contributed by atoms with Gasteiger partial charge in [0.05, 0.1) is 24.8 Å². The van der Waals surface area contributed by atoms with Gasteiger partial charge < -0.3 is 19.5 Å². The molecule has 0 bridgehead atoms. The number of rotatable bonds is 8. The van der Waals surface area contributed by atoms with Crippen LogP contribution in [-0.4, -0.2) is 48.6 Å². The lowest BCUT2D eigenvalue weighted by molar-refractivity contribution is -0.140. The summed E-state index contributed by atoms with van der Waals surface area (Å²) in [6, 6.07) is 14.1. The van der Waals surface area contributed by atoms with Gasteiger partial charge in [-0.3, -0.25) is 9.59 Å². The lowest BCUT2D eigenvalue weighted by Gasteiger charge is -2.26. The molecule has 1 amide bonds. The van der Waals surface area contributed by atoms with Gasteiger partial charge in [-0.2, -0.15) is 0 Å². The highest BCUT2D eigenvalue weighted by molar-refractivity contribution is 6.46. The molecule has 1 unspecified atom stereocenters. The number of nitrogens with zero attached hydrogens (tertiary/aromatic N) is 1. The summed E-state index contributed by atoms with van der Waals surface area (Å²) in [7, 11) is 1.55. The monoisotopic (exact) mass is 451 g/mol. The molecule has 0 aliphatic carbocycles. The Bertz CT molecular complexity index is 1030. The Morgan fingerprint density at radius 2 is 1.76 bits per heavy atom. The van der Waals surface area contributed by atoms with E-state index in [0.717, 1.165) is 17.5 Å². The van der Waals surface area contributed by atoms with Crippen molar-refractivity contribution in [2.45, 2.75) is 45.6 Å². The molecular formula is C27H33NO5. The van der Waals surface area contributed by atoms with Crippen molar-refractivity contribution in [2.75, 3.05) is 26.9 Å². The molecule has 6 nitrogen and oxygen atoms in total. The van der Waals surface area contributed by atoms with Gasteiger partial charge in [0.15, 0.2) is 0 Å². The molecule has 1 heterocycles. The third-order valence-corrected chi connectivity index (χ3v) is 5.75. The van der Waals surface area contributed by atoms with Crippen molar-refractivity contribution in [1.29, 1.82) is 0 Å². The molecule has 1 saturated heterocycles. The lowest BCUT2D eigenvalue weighted by Crippen LogP contribution is -2.32. The Morgan fingerprint density at radius 1 is 1.06 bits per heavy atom. The van der Waals surface area contributed by atoms with E-state index in [4.69, 9.17) is 9.47 Å². The molecule has 6 heteroatoms. The zero-order chi connectivity index (χ0) is 24.2. The van der Waals surface area contributed by atoms with E-state index in [1.165, 1.54) is 4.90 Å². The van der Waals surface area contributed by atoms with Crippen molar-refractivity contribution in [3.63, 3.8) is 0 Å². The van der Waals surface area contributed by atoms with Crippen LogP contribution >= 0.6 is 0 Å². The molecule has 3 rings (SSSR count). The minimum absolute atomic E-state index is 0.0324. The number of hydrogen-bond donors (Lipinski definition) is 1. The number of carbonyl (C=O) groups excluding carboxylic acids is 2. The van der Waals surface area contributed by atoms with E-state index < -0.39 is 17.7 Å². The first-order valence-corrected chi connectivity index (χ1v) is 11.3. The molecule has 0 radical (unpaired) electrons. The summed E-state index contributed by atoms with van der Waals surface area (Å²) in [4.78, 5) is 27.5. The summed E-state index contributed by atoms with van der Waals surface area (Å²) in [5, 5.41) is 11.2. The minimum Gasteiger partial charge on any atom is -0.507 e. The largest absolute Gasteiger partial charge is 0.507 e. The number of Topliss-reactive ketones (excluding diaryl/α,β-unsaturated/α-hetero) is 1. The molecule has 0 aromatic heterocycles. The summed E-state index contributed by atoms with van der Waals surface area (Å²) >= 11 is 0. The van der Waals surface area contributed by atoms with Gasteiger partial charge in [-0.25, -0.2) is 0 Å². The van der Waals surface area contributed by atoms with Crippen molar-refractivity contribution < 1.29 is 24.2 Å². The molecule has 1 fully saturated rings. The van der Waals surface area contributed by atoms with Crippen molar-refractivity contribution in [1.82, 2.24) is 4.90 Å². The standard InChI is InChI=1S/C27H33NO5/c1-6-15-33-21-9-7-8-19(17-21)24(29)22-23(28(14-16-32-5)26(31)25(22)30)18-10-12-20(13-11-18)27(2,3)4/h7-13,17,23,29H,6,14-16H2,1-5H3/b24-22+. The number of aliphatic hydroxyl groups is 1. The fraction of sp³-hybridized carbons (Fsp3) is 0.407. The van der Waals surface area contributed by atoms with Crippen molar-refractivity contribution in [3.8, 4) is 5.75 Å². The van der Waals surface area contributed by atoms with Gasteiger partial charge in [0.25, 0.3) is 11.7 Å². The van der Waals surface area contributed by atoms with Crippen molar-refractivity contribution in [2.24, 2.45) is 0 Å². The summed E-state index contributed by atoms with van der Waals surface area (Å²) < 4.78 is 10.8. The molecule has 2 aromatic rings. The predicted molar refractivity (Wildman–Crippen MR) is 128 cm³/mol. The highest BCUT2D eigenvalue weighted by Gasteiger charge is 2.45. The number of benzene rings is 2. The number of ether oxygens (including phenoxy) is 2. The molecule has 1 aliphatic heterocycles. The Kier molecular flexibility index (Phi) is 7.59. The van der Waals surface area contributed by atoms with E-state index in [-0.39, 0.29) is 29.9 Å². The molecule has 1 aliphatic rings. The Balaban J connectivity index is 2.10. The molecule has 2 aromatic carbocycles. The molecule has 0 saturated carbocycles. The number of methoxy groups -OCH3 is 1. The maximum absolute atomic E-state index is 13.1. The van der Waals surface area contributed by atoms with Gasteiger partial charge in [0.1, 0.15) is 11.5 Å². The topological polar surface area (TPSA) is 76.1 Å². The maximum Gasteiger partial charge on any atom is 0.295 e. The third-order valence-electron chi connectivity index (χ3n) is 5.75. The van der Waals surface area contributed by atoms with Crippen molar-refractivity contribution >= 4 is 17.4 Å². The van der Waals surface area contributed by atoms with E-state index >= 15 is 0 Å². The Hall–Kier alpha value is -3.12.